The van der Waals surface area contributed by atoms with Crippen LogP contribution in [0.25, 0.3) is 0 Å². The highest BCUT2D eigenvalue weighted by Crippen LogP contribution is 2.19. The number of benzene rings is 4. The van der Waals surface area contributed by atoms with Gasteiger partial charge >= 0.3 is 0 Å². The van der Waals surface area contributed by atoms with Crippen LogP contribution in [0, 0.1) is 0 Å². The molecule has 0 radical (unpaired) electrons. The molecule has 4 aromatic carbocycles. The molecular weight excluding hydrogens is 616 g/mol. The fourth-order valence-electron chi connectivity index (χ4n) is 3.30. The Morgan fingerprint density at radius 1 is 0.542 bits per heavy atom. The molecule has 0 fully saturated rings. The molecule has 4 rings (SSSR count). The van der Waals surface area contributed by atoms with Gasteiger partial charge in [0.1, 0.15) is 28.6 Å². The maximum absolute atomic E-state index is 7.98. The molecule has 0 saturated heterocycles. The van der Waals surface area contributed by atoms with Crippen LogP contribution in [0.2, 0.25) is 5.65 Å². The number of hydrogen-bond donors (Lipinski definition) is 12. The Balaban J connectivity index is 0.000000521. The van der Waals surface area contributed by atoms with Gasteiger partial charge < -0.3 is 62.1 Å². The summed E-state index contributed by atoms with van der Waals surface area (Å²) in [4.78, 5) is 0. The van der Waals surface area contributed by atoms with Crippen molar-refractivity contribution in [3.8, 4) is 23.0 Å². The van der Waals surface area contributed by atoms with Crippen molar-refractivity contribution in [1.82, 2.24) is 21.2 Å². The quantitative estimate of drug-likeness (QED) is 0.0643. The maximum atomic E-state index is 7.98. The minimum absolute atomic E-state index is 0.0533. The third kappa shape index (κ3) is 17.1. The second kappa shape index (κ2) is 24.0. The highest BCUT2D eigenvalue weighted by molar-refractivity contribution is 5.31. The fourth-order valence-corrected chi connectivity index (χ4v) is 3.30. The summed E-state index contributed by atoms with van der Waals surface area (Å²) in [6.45, 7) is -18.4. The van der Waals surface area contributed by atoms with Crippen molar-refractivity contribution in [2.24, 2.45) is 0 Å². The zero-order valence-electron chi connectivity index (χ0n) is 54.9. The van der Waals surface area contributed by atoms with Gasteiger partial charge in [-0.05, 0) is 98.7 Å². The van der Waals surface area contributed by atoms with Crippen LogP contribution < -0.4 is 21.2 Å². The first-order valence-electron chi connectivity index (χ1n) is 27.4. The average molecular weight is 699 g/mol. The number of likely N-dealkylation sites (N-methyl/N-ethyl adjacent to an activating group) is 4. The lowest BCUT2D eigenvalue weighted by Gasteiger charge is -2.09. The lowest BCUT2D eigenvalue weighted by molar-refractivity contribution is 0.177. The summed E-state index contributed by atoms with van der Waals surface area (Å²) in [5.41, 5.74) is 0.398. The van der Waals surface area contributed by atoms with Crippen molar-refractivity contribution in [3.63, 3.8) is 0 Å². The molecule has 12 N–H and O–H groups in total. The largest absolute Gasteiger partial charge is 0.508 e. The van der Waals surface area contributed by atoms with Gasteiger partial charge in [-0.3, -0.25) is 0 Å². The van der Waals surface area contributed by atoms with Gasteiger partial charge in [0.25, 0.3) is 5.72 Å². The minimum Gasteiger partial charge on any atom is -0.508 e. The molecule has 0 saturated carbocycles. The molecule has 12 nitrogen and oxygen atoms in total. The molecule has 12 heteroatoms. The first kappa shape index (κ1) is 14.7. The molecular formula is C36H52N4O8. The van der Waals surface area contributed by atoms with Gasteiger partial charge in [-0.25, -0.2) is 0 Å². The summed E-state index contributed by atoms with van der Waals surface area (Å²) in [6, 6.07) is 22.2. The first-order chi connectivity index (χ1) is 35.7. The monoisotopic (exact) mass is 699 g/mol. The molecule has 48 heavy (non-hydrogen) atoms. The number of phenols is 4. The third-order valence-electron chi connectivity index (χ3n) is 5.46. The van der Waals surface area contributed by atoms with Crippen molar-refractivity contribution in [1.29, 1.82) is 11.4 Å². The standard InChI is InChI=1S/4C9H13NO2/c4*1-10-6-9(12)7-3-2-4-8(11)5-7/h4*2-5,9-12H,6H2,1H3/t4*9-/m1111/s1/i1D3,6D2,9D,12D;1D3,9D,12D;1D3,6D2,12D;1D3,12D/hD8. The van der Waals surface area contributed by atoms with Crippen molar-refractivity contribution in [3.05, 3.63) is 119 Å². The molecule has 0 aliphatic heterocycles. The van der Waals surface area contributed by atoms with E-state index in [4.69, 9.17) is 41.8 Å². The van der Waals surface area contributed by atoms with Gasteiger partial charge in [0.05, 0.1) is 27.1 Å². The molecule has 0 aromatic heterocycles. The molecule has 264 valence electrons. The molecule has 0 spiro atoms. The molecule has 0 amide bonds. The number of phenolic OH excluding ortho intramolecular Hbond substituents is 4. The summed E-state index contributed by atoms with van der Waals surface area (Å²) in [5, 5.41) is 34.0. The zero-order chi connectivity index (χ0) is 60.5. The Bertz CT molecular complexity index is 2410. The average Bonchev–Trinajstić information content (AvgIpc) is 3.38. The summed E-state index contributed by atoms with van der Waals surface area (Å²) in [7, 11) is 0. The van der Waals surface area contributed by atoms with E-state index < -0.39 is 77.1 Å². The number of rotatable bonds is 20. The molecule has 4 atom stereocenters. The second-order valence-corrected chi connectivity index (χ2v) is 8.94. The zero-order valence-corrected chi connectivity index (χ0v) is 24.9. The molecule has 0 aliphatic rings. The van der Waals surface area contributed by atoms with E-state index in [0.29, 0.717) is 10.9 Å². The number of hydrogen-bond acceptors (Lipinski definition) is 12. The first-order valence-corrected chi connectivity index (χ1v) is 13.3. The van der Waals surface area contributed by atoms with Crippen molar-refractivity contribution >= 4 is 0 Å². The van der Waals surface area contributed by atoms with E-state index in [0.717, 1.165) is 6.07 Å². The van der Waals surface area contributed by atoms with E-state index in [2.05, 4.69) is 40.9 Å². The Labute approximate surface area is 326 Å². The smallest absolute Gasteiger partial charge is 0.293 e. The number of nitrogens with one attached hydrogen (secondary N) is 4. The van der Waals surface area contributed by atoms with Gasteiger partial charge in [-0.2, -0.15) is 0 Å². The Kier molecular flexibility index (Phi) is 7.35. The van der Waals surface area contributed by atoms with E-state index in [9.17, 15) is 0 Å². The van der Waals surface area contributed by atoms with Gasteiger partial charge in [0, 0.05) is 48.0 Å². The van der Waals surface area contributed by atoms with Crippen LogP contribution in [0.5, 0.6) is 23.0 Å². The van der Waals surface area contributed by atoms with E-state index in [-0.39, 0.29) is 56.9 Å². The highest BCUT2D eigenvalue weighted by atomic mass is 16.3. The molecule has 4 aromatic rings. The Hall–Kier alpha value is -4.24. The molecule has 0 bridgehead atoms. The molecule has 0 heterocycles. The van der Waals surface area contributed by atoms with Crippen LogP contribution in [-0.4, -0.2) is 106 Å². The molecule has 0 aliphatic carbocycles. The fraction of sp³-hybridized carbons (Fsp3) is 0.333. The van der Waals surface area contributed by atoms with Gasteiger partial charge in [-0.1, -0.05) is 48.5 Å². The number of aromatic hydroxyl groups is 4. The van der Waals surface area contributed by atoms with Crippen molar-refractivity contribution < 1.29 is 71.2 Å². The van der Waals surface area contributed by atoms with Gasteiger partial charge in [0.15, 0.2) is 0 Å². The minimum atomic E-state index is -3.18. The highest BCUT2D eigenvalue weighted by Gasteiger charge is 2.08. The number of aliphatic hydroxyl groups is 4. The van der Waals surface area contributed by atoms with E-state index in [1.165, 1.54) is 72.8 Å². The molecule has 0 unspecified atom stereocenters. The van der Waals surface area contributed by atoms with Crippen LogP contribution in [-0.2, 0) is 0 Å². The topological polar surface area (TPSA) is 210 Å². The maximum Gasteiger partial charge on any atom is 0.293 e. The van der Waals surface area contributed by atoms with Crippen molar-refractivity contribution in [2.45, 2.75) is 24.4 Å². The predicted molar refractivity (Wildman–Crippen MR) is 188 cm³/mol. The van der Waals surface area contributed by atoms with Crippen LogP contribution in [0.4, 0.5) is 0 Å². The normalized spacial score (nSPS) is 24.8. The van der Waals surface area contributed by atoms with Crippen LogP contribution in [0.15, 0.2) is 97.1 Å². The summed E-state index contributed by atoms with van der Waals surface area (Å²) in [6.07, 6.45) is -7.46. The van der Waals surface area contributed by atoms with E-state index in [1.54, 1.807) is 18.2 Å². The second-order valence-electron chi connectivity index (χ2n) is 8.94. The van der Waals surface area contributed by atoms with Gasteiger partial charge in [0.2, 0.25) is 5.72 Å². The van der Waals surface area contributed by atoms with E-state index in [1.807, 2.05) is 0 Å². The van der Waals surface area contributed by atoms with Crippen molar-refractivity contribution in [2.75, 3.05) is 54.0 Å². The SMILES string of the molecule is [2H]Oc1cccc([C@@H](CN([2H])C([2H])([2H])[2H])O[2H])c1.[2H]Oc1cccc([C@@]([2H])(CN([2H])C([2H])([2H])[2H])O[2H])c1.[2H]Oc1cccc([C@H](O[2H])C([2H])([2H])N([2H])C([2H])([2H])[2H])c1.[2H]Oc1cccc([C@]([2H])(O[2H])C([2H])([2H])N([2H])C([2H])([2H])[2H])c1. The summed E-state index contributed by atoms with van der Waals surface area (Å²) < 4.78 is 216. The van der Waals surface area contributed by atoms with Crippen LogP contribution >= 0.6 is 0 Å². The Morgan fingerprint density at radius 2 is 0.979 bits per heavy atom. The van der Waals surface area contributed by atoms with Crippen LogP contribution in [0.1, 0.15) is 71.3 Å². The number of aliphatic hydroxyl groups excluding tert-OH is 2. The lowest BCUT2D eigenvalue weighted by atomic mass is 10.1. The van der Waals surface area contributed by atoms with Crippen LogP contribution in [0.3, 0.4) is 0 Å². The summed E-state index contributed by atoms with van der Waals surface area (Å²) >= 11 is 0. The predicted octanol–water partition coefficient (Wildman–Crippen LogP) is 2.58. The summed E-state index contributed by atoms with van der Waals surface area (Å²) in [5.74, 6) is 0.393. The lowest BCUT2D eigenvalue weighted by Crippen LogP contribution is -2.16. The van der Waals surface area contributed by atoms with Gasteiger partial charge in [-0.15, -0.1) is 0 Å². The third-order valence-corrected chi connectivity index (χ3v) is 5.46. The van der Waals surface area contributed by atoms with E-state index >= 15 is 0 Å². The Morgan fingerprint density at radius 3 is 1.46 bits per heavy atom.